The third-order valence-corrected chi connectivity index (χ3v) is 4.40. The fourth-order valence-corrected chi connectivity index (χ4v) is 3.45. The number of rotatable bonds is 0. The summed E-state index contributed by atoms with van der Waals surface area (Å²) in [6, 6.07) is 0. The molecule has 2 unspecified atom stereocenters. The molecule has 0 aromatic heterocycles. The van der Waals surface area contributed by atoms with Gasteiger partial charge < -0.3 is 0 Å². The van der Waals surface area contributed by atoms with Crippen molar-refractivity contribution in [3.63, 3.8) is 0 Å². The van der Waals surface area contributed by atoms with Crippen LogP contribution >= 0.6 is 0 Å². The Morgan fingerprint density at radius 2 is 1.75 bits per heavy atom. The largest absolute Gasteiger partial charge is 0.0836 e. The van der Waals surface area contributed by atoms with Crippen molar-refractivity contribution < 1.29 is 0 Å². The zero-order valence-electron chi connectivity index (χ0n) is 10.2. The maximum Gasteiger partial charge on any atom is 0.00373 e. The Hall–Kier alpha value is -1.04. The highest BCUT2D eigenvalue weighted by Gasteiger charge is 2.34. The monoisotopic (exact) mass is 212 g/mol. The molecule has 3 aliphatic carbocycles. The molecule has 3 rings (SSSR count). The van der Waals surface area contributed by atoms with Crippen molar-refractivity contribution in [1.82, 2.24) is 0 Å². The second-order valence-electron chi connectivity index (χ2n) is 5.92. The van der Waals surface area contributed by atoms with E-state index in [0.717, 1.165) is 11.8 Å². The normalized spacial score (nSPS) is 34.9. The van der Waals surface area contributed by atoms with E-state index in [1.165, 1.54) is 19.3 Å². The maximum absolute atomic E-state index is 2.41. The van der Waals surface area contributed by atoms with Crippen LogP contribution in [0.25, 0.3) is 0 Å². The van der Waals surface area contributed by atoms with Crippen molar-refractivity contribution >= 4 is 0 Å². The molecule has 0 heteroatoms. The molecule has 2 atom stereocenters. The fraction of sp³-hybridized carbons (Fsp3) is 0.500. The molecule has 0 nitrogen and oxygen atoms in total. The summed E-state index contributed by atoms with van der Waals surface area (Å²) < 4.78 is 0. The summed E-state index contributed by atoms with van der Waals surface area (Å²) in [5, 5.41) is 0. The molecule has 0 bridgehead atoms. The van der Waals surface area contributed by atoms with Crippen LogP contribution in [0.1, 0.15) is 33.1 Å². The zero-order valence-corrected chi connectivity index (χ0v) is 10.2. The van der Waals surface area contributed by atoms with E-state index in [1.807, 2.05) is 0 Å². The van der Waals surface area contributed by atoms with E-state index < -0.39 is 0 Å². The Kier molecular flexibility index (Phi) is 2.20. The van der Waals surface area contributed by atoms with Crippen LogP contribution in [-0.2, 0) is 0 Å². The Bertz CT molecular complexity index is 415. The topological polar surface area (TPSA) is 0 Å². The predicted molar refractivity (Wildman–Crippen MR) is 69.1 cm³/mol. The highest BCUT2D eigenvalue weighted by Crippen LogP contribution is 2.47. The van der Waals surface area contributed by atoms with E-state index in [9.17, 15) is 0 Å². The third kappa shape index (κ3) is 1.52. The van der Waals surface area contributed by atoms with Crippen LogP contribution in [0, 0.1) is 17.3 Å². The lowest BCUT2D eigenvalue weighted by Gasteiger charge is -2.40. The summed E-state index contributed by atoms with van der Waals surface area (Å²) >= 11 is 0. The minimum absolute atomic E-state index is 0.299. The highest BCUT2D eigenvalue weighted by molar-refractivity contribution is 5.37. The molecule has 0 aromatic rings. The number of hydrogen-bond acceptors (Lipinski definition) is 0. The van der Waals surface area contributed by atoms with Gasteiger partial charge in [0.25, 0.3) is 0 Å². The summed E-state index contributed by atoms with van der Waals surface area (Å²) in [4.78, 5) is 0. The molecular weight excluding hydrogens is 192 g/mol. The molecule has 0 N–H and O–H groups in total. The van der Waals surface area contributed by atoms with Crippen LogP contribution in [0.3, 0.4) is 0 Å². The lowest BCUT2D eigenvalue weighted by molar-refractivity contribution is 0.379. The first-order valence-electron chi connectivity index (χ1n) is 6.41. The van der Waals surface area contributed by atoms with Gasteiger partial charge in [-0.15, -0.1) is 0 Å². The van der Waals surface area contributed by atoms with Crippen molar-refractivity contribution in [2.45, 2.75) is 33.1 Å². The lowest BCUT2D eigenvalue weighted by atomic mass is 9.65. The maximum atomic E-state index is 2.41. The summed E-state index contributed by atoms with van der Waals surface area (Å²) in [5.41, 5.74) is 3.73. The molecule has 0 fully saturated rings. The molecule has 0 spiro atoms. The first kappa shape index (κ1) is 10.1. The number of hydrogen-bond donors (Lipinski definition) is 0. The standard InChI is InChI=1S/C16H20/c1-16(2)9-5-8-14-10-12-6-3-4-7-13(12)11-15(14)16/h3-7,9,12-13H,8,10-11H2,1-2H3. The molecule has 0 aromatic carbocycles. The molecule has 0 heterocycles. The van der Waals surface area contributed by atoms with Crippen LogP contribution in [0.15, 0.2) is 47.6 Å². The van der Waals surface area contributed by atoms with Crippen LogP contribution < -0.4 is 0 Å². The van der Waals surface area contributed by atoms with Gasteiger partial charge in [0.05, 0.1) is 0 Å². The van der Waals surface area contributed by atoms with Gasteiger partial charge in [0, 0.05) is 5.41 Å². The lowest BCUT2D eigenvalue weighted by Crippen LogP contribution is -2.27. The average Bonchev–Trinajstić information content (AvgIpc) is 2.27. The van der Waals surface area contributed by atoms with Crippen LogP contribution in [0.2, 0.25) is 0 Å². The minimum atomic E-state index is 0.299. The Balaban J connectivity index is 1.96. The molecular formula is C16H20. The molecule has 0 radical (unpaired) electrons. The van der Waals surface area contributed by atoms with Gasteiger partial charge in [-0.3, -0.25) is 0 Å². The van der Waals surface area contributed by atoms with Gasteiger partial charge >= 0.3 is 0 Å². The minimum Gasteiger partial charge on any atom is -0.0836 e. The Labute approximate surface area is 98.4 Å². The fourth-order valence-electron chi connectivity index (χ4n) is 3.45. The van der Waals surface area contributed by atoms with Crippen LogP contribution in [0.4, 0.5) is 0 Å². The molecule has 0 amide bonds. The van der Waals surface area contributed by atoms with Gasteiger partial charge in [-0.1, -0.05) is 61.4 Å². The summed E-state index contributed by atoms with van der Waals surface area (Å²) in [6.45, 7) is 4.72. The van der Waals surface area contributed by atoms with E-state index in [4.69, 9.17) is 0 Å². The Morgan fingerprint density at radius 1 is 1.06 bits per heavy atom. The summed E-state index contributed by atoms with van der Waals surface area (Å²) in [6.07, 6.45) is 17.8. The van der Waals surface area contributed by atoms with Crippen molar-refractivity contribution in [3.05, 3.63) is 47.6 Å². The smallest absolute Gasteiger partial charge is 0.00373 e. The highest BCUT2D eigenvalue weighted by atomic mass is 14.4. The first-order valence-corrected chi connectivity index (χ1v) is 6.41. The average molecular weight is 212 g/mol. The summed E-state index contributed by atoms with van der Waals surface area (Å²) in [7, 11) is 0. The van der Waals surface area contributed by atoms with Crippen LogP contribution in [0.5, 0.6) is 0 Å². The van der Waals surface area contributed by atoms with Crippen molar-refractivity contribution in [2.24, 2.45) is 17.3 Å². The molecule has 16 heavy (non-hydrogen) atoms. The Morgan fingerprint density at radius 3 is 2.50 bits per heavy atom. The van der Waals surface area contributed by atoms with E-state index in [0.29, 0.717) is 5.41 Å². The predicted octanol–water partition coefficient (Wildman–Crippen LogP) is 4.42. The van der Waals surface area contributed by atoms with Gasteiger partial charge in [-0.25, -0.2) is 0 Å². The van der Waals surface area contributed by atoms with Crippen molar-refractivity contribution in [1.29, 1.82) is 0 Å². The molecule has 0 saturated carbocycles. The van der Waals surface area contributed by atoms with Gasteiger partial charge in [0.15, 0.2) is 0 Å². The van der Waals surface area contributed by atoms with Crippen molar-refractivity contribution in [2.75, 3.05) is 0 Å². The molecule has 3 aliphatic rings. The second-order valence-corrected chi connectivity index (χ2v) is 5.92. The van der Waals surface area contributed by atoms with Gasteiger partial charge in [0.2, 0.25) is 0 Å². The number of allylic oxidation sites excluding steroid dienone is 8. The third-order valence-electron chi connectivity index (χ3n) is 4.40. The molecule has 0 aliphatic heterocycles. The number of fused-ring (bicyclic) bond motifs is 1. The van der Waals surface area contributed by atoms with Gasteiger partial charge in [-0.05, 0) is 31.1 Å². The second kappa shape index (κ2) is 3.48. The van der Waals surface area contributed by atoms with E-state index in [1.54, 1.807) is 11.1 Å². The molecule has 84 valence electrons. The quantitative estimate of drug-likeness (QED) is 0.521. The zero-order chi connectivity index (χ0) is 11.2. The van der Waals surface area contributed by atoms with Gasteiger partial charge in [-0.2, -0.15) is 0 Å². The molecule has 0 saturated heterocycles. The van der Waals surface area contributed by atoms with Crippen molar-refractivity contribution in [3.8, 4) is 0 Å². The van der Waals surface area contributed by atoms with E-state index in [-0.39, 0.29) is 0 Å². The van der Waals surface area contributed by atoms with E-state index in [2.05, 4.69) is 50.3 Å². The van der Waals surface area contributed by atoms with Gasteiger partial charge in [0.1, 0.15) is 0 Å². The van der Waals surface area contributed by atoms with Crippen LogP contribution in [-0.4, -0.2) is 0 Å². The first-order chi connectivity index (χ1) is 7.67. The van der Waals surface area contributed by atoms with E-state index >= 15 is 0 Å². The summed E-state index contributed by atoms with van der Waals surface area (Å²) in [5.74, 6) is 1.53. The SMILES string of the molecule is CC1(C)C=CCC2=C1CC1C=CC=CC1C2.